The summed E-state index contributed by atoms with van der Waals surface area (Å²) in [4.78, 5) is 0.598. The molecule has 1 unspecified atom stereocenters. The van der Waals surface area contributed by atoms with Gasteiger partial charge in [0.15, 0.2) is 0 Å². The molecule has 0 saturated heterocycles. The molecule has 1 aromatic rings. The maximum Gasteiger partial charge on any atom is 0.0401 e. The molecule has 0 spiro atoms. The molecule has 0 nitrogen and oxygen atoms in total. The largest absolute Gasteiger partial charge is 0.0839 e. The average molecular weight is 239 g/mol. The Bertz CT molecular complexity index is 315. The Morgan fingerprint density at radius 1 is 1.38 bits per heavy atom. The number of halogens is 1. The molecule has 1 aliphatic carbocycles. The fourth-order valence-corrected chi connectivity index (χ4v) is 2.58. The van der Waals surface area contributed by atoms with Gasteiger partial charge in [0.2, 0.25) is 0 Å². The summed E-state index contributed by atoms with van der Waals surface area (Å²) >= 11 is 3.72. The molecule has 0 radical (unpaired) electrons. The van der Waals surface area contributed by atoms with Crippen molar-refractivity contribution >= 4 is 15.9 Å². The van der Waals surface area contributed by atoms with Crippen LogP contribution in [0.5, 0.6) is 0 Å². The van der Waals surface area contributed by atoms with Crippen LogP contribution in [0, 0.1) is 0 Å². The van der Waals surface area contributed by atoms with Crippen molar-refractivity contribution in [3.8, 4) is 0 Å². The lowest BCUT2D eigenvalue weighted by Crippen LogP contribution is -1.91. The van der Waals surface area contributed by atoms with E-state index >= 15 is 0 Å². The van der Waals surface area contributed by atoms with Crippen molar-refractivity contribution in [1.29, 1.82) is 0 Å². The van der Waals surface area contributed by atoms with Gasteiger partial charge in [-0.1, -0.05) is 48.0 Å². The molecule has 70 valence electrons. The Hall–Kier alpha value is -0.300. The van der Waals surface area contributed by atoms with Crippen molar-refractivity contribution in [2.45, 2.75) is 37.4 Å². The van der Waals surface area contributed by atoms with Gasteiger partial charge in [-0.25, -0.2) is 0 Å². The zero-order chi connectivity index (χ0) is 9.42. The van der Waals surface area contributed by atoms with Gasteiger partial charge in [-0.05, 0) is 35.4 Å². The lowest BCUT2D eigenvalue weighted by molar-refractivity contribution is 0.862. The number of benzene rings is 1. The highest BCUT2D eigenvalue weighted by atomic mass is 79.9. The highest BCUT2D eigenvalue weighted by Gasteiger charge is 2.20. The van der Waals surface area contributed by atoms with Gasteiger partial charge in [0.25, 0.3) is 0 Å². The van der Waals surface area contributed by atoms with Crippen molar-refractivity contribution in [3.05, 3.63) is 34.9 Å². The summed E-state index contributed by atoms with van der Waals surface area (Å²) in [6, 6.07) is 6.94. The van der Waals surface area contributed by atoms with E-state index in [1.165, 1.54) is 29.5 Å². The molecule has 0 aromatic heterocycles. The molecule has 0 N–H and O–H groups in total. The molecular weight excluding hydrogens is 224 g/mol. The van der Waals surface area contributed by atoms with Gasteiger partial charge in [0.1, 0.15) is 0 Å². The van der Waals surface area contributed by atoms with Crippen molar-refractivity contribution in [1.82, 2.24) is 0 Å². The van der Waals surface area contributed by atoms with Crippen LogP contribution in [0.25, 0.3) is 0 Å². The lowest BCUT2D eigenvalue weighted by atomic mass is 9.99. The molecule has 0 saturated carbocycles. The molecule has 13 heavy (non-hydrogen) atoms. The van der Waals surface area contributed by atoms with E-state index in [0.717, 1.165) is 0 Å². The molecular formula is C12H15Br. The van der Waals surface area contributed by atoms with E-state index in [-0.39, 0.29) is 0 Å². The molecule has 1 aromatic carbocycles. The fourth-order valence-electron chi connectivity index (χ4n) is 1.93. The summed E-state index contributed by atoms with van der Waals surface area (Å²) in [5, 5.41) is 0. The van der Waals surface area contributed by atoms with Crippen molar-refractivity contribution in [3.63, 3.8) is 0 Å². The van der Waals surface area contributed by atoms with Gasteiger partial charge in [0.05, 0.1) is 0 Å². The minimum absolute atomic E-state index is 0.598. The fraction of sp³-hybridized carbons (Fsp3) is 0.500. The van der Waals surface area contributed by atoms with Crippen LogP contribution in [0.2, 0.25) is 0 Å². The number of fused-ring (bicyclic) bond motifs is 1. The standard InChI is InChI=1S/C12H15Br/c1-8(2)10-4-3-9-5-6-12(13)11(9)7-10/h3-4,7-8,12H,5-6H2,1-2H3. The van der Waals surface area contributed by atoms with Crippen LogP contribution in [-0.2, 0) is 6.42 Å². The van der Waals surface area contributed by atoms with Crippen LogP contribution < -0.4 is 0 Å². The summed E-state index contributed by atoms with van der Waals surface area (Å²) in [7, 11) is 0. The van der Waals surface area contributed by atoms with Gasteiger partial charge >= 0.3 is 0 Å². The second kappa shape index (κ2) is 3.45. The first-order chi connectivity index (χ1) is 6.18. The lowest BCUT2D eigenvalue weighted by Gasteiger charge is -2.09. The third-order valence-electron chi connectivity index (χ3n) is 2.84. The van der Waals surface area contributed by atoms with E-state index in [1.807, 2.05) is 0 Å². The van der Waals surface area contributed by atoms with E-state index < -0.39 is 0 Å². The minimum Gasteiger partial charge on any atom is -0.0839 e. The number of alkyl halides is 1. The smallest absolute Gasteiger partial charge is 0.0401 e. The molecule has 1 aliphatic rings. The van der Waals surface area contributed by atoms with Gasteiger partial charge in [0, 0.05) is 4.83 Å². The maximum atomic E-state index is 3.72. The van der Waals surface area contributed by atoms with E-state index in [0.29, 0.717) is 10.7 Å². The molecule has 1 heteroatoms. The summed E-state index contributed by atoms with van der Waals surface area (Å²) < 4.78 is 0. The molecule has 0 aliphatic heterocycles. The molecule has 0 heterocycles. The second-order valence-corrected chi connectivity index (χ2v) is 5.22. The summed E-state index contributed by atoms with van der Waals surface area (Å²) in [6.07, 6.45) is 2.50. The first-order valence-corrected chi connectivity index (χ1v) is 5.87. The monoisotopic (exact) mass is 238 g/mol. The molecule has 0 fully saturated rings. The first-order valence-electron chi connectivity index (χ1n) is 4.95. The Balaban J connectivity index is 2.42. The van der Waals surface area contributed by atoms with Crippen molar-refractivity contribution in [2.75, 3.05) is 0 Å². The van der Waals surface area contributed by atoms with Crippen LogP contribution >= 0.6 is 15.9 Å². The van der Waals surface area contributed by atoms with E-state index in [9.17, 15) is 0 Å². The molecule has 1 atom stereocenters. The van der Waals surface area contributed by atoms with Crippen LogP contribution in [0.3, 0.4) is 0 Å². The molecule has 0 bridgehead atoms. The quantitative estimate of drug-likeness (QED) is 0.644. The highest BCUT2D eigenvalue weighted by molar-refractivity contribution is 9.09. The van der Waals surface area contributed by atoms with Crippen LogP contribution in [0.4, 0.5) is 0 Å². The zero-order valence-electron chi connectivity index (χ0n) is 8.18. The second-order valence-electron chi connectivity index (χ2n) is 4.12. The average Bonchev–Trinajstić information content (AvgIpc) is 2.47. The summed E-state index contributed by atoms with van der Waals surface area (Å²) in [5.41, 5.74) is 4.52. The van der Waals surface area contributed by atoms with Crippen LogP contribution in [0.15, 0.2) is 18.2 Å². The number of hydrogen-bond acceptors (Lipinski definition) is 0. The Morgan fingerprint density at radius 2 is 2.15 bits per heavy atom. The van der Waals surface area contributed by atoms with Crippen LogP contribution in [-0.4, -0.2) is 0 Å². The Labute approximate surface area is 88.5 Å². The highest BCUT2D eigenvalue weighted by Crippen LogP contribution is 2.38. The number of aryl methyl sites for hydroxylation is 1. The zero-order valence-corrected chi connectivity index (χ0v) is 9.76. The van der Waals surface area contributed by atoms with Crippen molar-refractivity contribution < 1.29 is 0 Å². The van der Waals surface area contributed by atoms with Gasteiger partial charge < -0.3 is 0 Å². The Kier molecular flexibility index (Phi) is 2.46. The first kappa shape index (κ1) is 9.26. The minimum atomic E-state index is 0.598. The normalized spacial score (nSPS) is 20.8. The van der Waals surface area contributed by atoms with Gasteiger partial charge in [-0.2, -0.15) is 0 Å². The summed E-state index contributed by atoms with van der Waals surface area (Å²) in [5.74, 6) is 0.644. The van der Waals surface area contributed by atoms with E-state index in [1.54, 1.807) is 0 Å². The predicted octanol–water partition coefficient (Wildman–Crippen LogP) is 4.19. The topological polar surface area (TPSA) is 0 Å². The maximum absolute atomic E-state index is 3.72. The van der Waals surface area contributed by atoms with E-state index in [2.05, 4.69) is 48.0 Å². The predicted molar refractivity (Wildman–Crippen MR) is 60.5 cm³/mol. The van der Waals surface area contributed by atoms with Crippen molar-refractivity contribution in [2.24, 2.45) is 0 Å². The SMILES string of the molecule is CC(C)c1ccc2c(c1)C(Br)CC2. The molecule has 2 rings (SSSR count). The number of hydrogen-bond donors (Lipinski definition) is 0. The molecule has 0 amide bonds. The van der Waals surface area contributed by atoms with Gasteiger partial charge in [-0.3, -0.25) is 0 Å². The van der Waals surface area contributed by atoms with Gasteiger partial charge in [-0.15, -0.1) is 0 Å². The van der Waals surface area contributed by atoms with Crippen LogP contribution in [0.1, 0.15) is 47.7 Å². The third kappa shape index (κ3) is 1.67. The third-order valence-corrected chi connectivity index (χ3v) is 3.79. The van der Waals surface area contributed by atoms with E-state index in [4.69, 9.17) is 0 Å². The Morgan fingerprint density at radius 3 is 2.85 bits per heavy atom. The number of rotatable bonds is 1. The summed E-state index contributed by atoms with van der Waals surface area (Å²) in [6.45, 7) is 4.50.